The summed E-state index contributed by atoms with van der Waals surface area (Å²) in [5.74, 6) is -0.139. The van der Waals surface area contributed by atoms with Gasteiger partial charge in [-0.3, -0.25) is 4.79 Å². The lowest BCUT2D eigenvalue weighted by Gasteiger charge is -2.14. The number of para-hydroxylation sites is 2. The van der Waals surface area contributed by atoms with E-state index in [1.54, 1.807) is 18.2 Å². The number of nitrogens with one attached hydrogen (secondary N) is 1. The van der Waals surface area contributed by atoms with Crippen molar-refractivity contribution in [1.82, 2.24) is 9.88 Å². The predicted molar refractivity (Wildman–Crippen MR) is 121 cm³/mol. The van der Waals surface area contributed by atoms with E-state index in [0.717, 1.165) is 29.4 Å². The zero-order valence-corrected chi connectivity index (χ0v) is 18.5. The van der Waals surface area contributed by atoms with Crippen LogP contribution >= 0.6 is 0 Å². The number of hydrogen-bond donors (Lipinski definition) is 2. The summed E-state index contributed by atoms with van der Waals surface area (Å²) in [5.41, 5.74) is 7.99. The Kier molecular flexibility index (Phi) is 8.21. The summed E-state index contributed by atoms with van der Waals surface area (Å²) in [6.07, 6.45) is -0.809. The average Bonchev–Trinajstić information content (AvgIpc) is 3.17. The molecule has 3 N–H and O–H groups in total. The fourth-order valence-electron chi connectivity index (χ4n) is 3.61. The normalized spacial score (nSPS) is 11.6. The molecule has 1 heterocycles. The molecule has 3 rings (SSSR count). The van der Waals surface area contributed by atoms with Crippen LogP contribution in [0.4, 0.5) is 13.2 Å². The van der Waals surface area contributed by atoms with E-state index < -0.39 is 18.7 Å². The van der Waals surface area contributed by atoms with Gasteiger partial charge in [0, 0.05) is 24.7 Å². The molecule has 0 fully saturated rings. The van der Waals surface area contributed by atoms with E-state index in [0.29, 0.717) is 25.1 Å². The van der Waals surface area contributed by atoms with Crippen LogP contribution in [0.15, 0.2) is 48.7 Å². The van der Waals surface area contributed by atoms with E-state index in [-0.39, 0.29) is 18.1 Å². The number of nitrogens with two attached hydrogens (primary N) is 1. The van der Waals surface area contributed by atoms with Crippen LogP contribution in [-0.2, 0) is 13.0 Å². The van der Waals surface area contributed by atoms with E-state index in [1.807, 2.05) is 22.9 Å². The van der Waals surface area contributed by atoms with Gasteiger partial charge >= 0.3 is 6.18 Å². The molecule has 0 aliphatic carbocycles. The lowest BCUT2D eigenvalue weighted by atomic mass is 10.0. The largest absolute Gasteiger partial charge is 0.488 e. The molecule has 0 radical (unpaired) electrons. The minimum Gasteiger partial charge on any atom is -0.488 e. The lowest BCUT2D eigenvalue weighted by molar-refractivity contribution is -0.153. The molecule has 1 aromatic heterocycles. The number of halogens is 3. The number of nitrogens with zero attached hydrogens (tertiary/aromatic N) is 1. The maximum Gasteiger partial charge on any atom is 0.422 e. The third-order valence-corrected chi connectivity index (χ3v) is 5.02. The van der Waals surface area contributed by atoms with E-state index in [2.05, 4.69) is 18.3 Å². The van der Waals surface area contributed by atoms with Crippen LogP contribution in [0.5, 0.6) is 11.5 Å². The Morgan fingerprint density at radius 2 is 1.82 bits per heavy atom. The van der Waals surface area contributed by atoms with Gasteiger partial charge in [0.05, 0.1) is 11.1 Å². The van der Waals surface area contributed by atoms with Crippen molar-refractivity contribution in [2.75, 3.05) is 26.3 Å². The van der Waals surface area contributed by atoms with Crippen LogP contribution in [0.3, 0.4) is 0 Å². The third kappa shape index (κ3) is 6.89. The van der Waals surface area contributed by atoms with Gasteiger partial charge in [-0.1, -0.05) is 19.1 Å². The van der Waals surface area contributed by atoms with E-state index in [4.69, 9.17) is 15.2 Å². The first-order valence-electron chi connectivity index (χ1n) is 10.8. The van der Waals surface area contributed by atoms with Crippen molar-refractivity contribution >= 4 is 16.8 Å². The summed E-state index contributed by atoms with van der Waals surface area (Å²) in [6.45, 7) is 2.91. The maximum atomic E-state index is 12.4. The van der Waals surface area contributed by atoms with Gasteiger partial charge in [0.15, 0.2) is 18.1 Å². The monoisotopic (exact) mass is 463 g/mol. The zero-order valence-electron chi connectivity index (χ0n) is 18.5. The number of benzene rings is 2. The van der Waals surface area contributed by atoms with Gasteiger partial charge in [-0.25, -0.2) is 0 Å². The summed E-state index contributed by atoms with van der Waals surface area (Å²) in [6, 6.07) is 12.1. The van der Waals surface area contributed by atoms with Gasteiger partial charge < -0.3 is 25.1 Å². The van der Waals surface area contributed by atoms with Crippen LogP contribution < -0.4 is 20.5 Å². The van der Waals surface area contributed by atoms with Crippen LogP contribution in [-0.4, -0.2) is 43.0 Å². The second-order valence-corrected chi connectivity index (χ2v) is 7.65. The van der Waals surface area contributed by atoms with E-state index in [9.17, 15) is 18.0 Å². The van der Waals surface area contributed by atoms with Gasteiger partial charge in [0.1, 0.15) is 6.61 Å². The highest BCUT2D eigenvalue weighted by Crippen LogP contribution is 2.28. The van der Waals surface area contributed by atoms with Crippen molar-refractivity contribution in [2.24, 2.45) is 5.73 Å². The second-order valence-electron chi connectivity index (χ2n) is 7.65. The highest BCUT2D eigenvalue weighted by atomic mass is 19.4. The summed E-state index contributed by atoms with van der Waals surface area (Å²) in [5, 5.41) is 4.22. The van der Waals surface area contributed by atoms with Crippen LogP contribution in [0.25, 0.3) is 10.9 Å². The second kappa shape index (κ2) is 11.1. The molecule has 9 heteroatoms. The van der Waals surface area contributed by atoms with Gasteiger partial charge in [-0.15, -0.1) is 0 Å². The molecule has 0 unspecified atom stereocenters. The highest BCUT2D eigenvalue weighted by Gasteiger charge is 2.28. The first kappa shape index (κ1) is 24.4. The minimum atomic E-state index is -4.41. The SMILES string of the molecule is CCCn1ccc2cc(CCNCCOc3ccccc3OCC(F)(F)F)cc(C(N)=O)c21. The molecule has 2 aromatic carbocycles. The number of rotatable bonds is 12. The van der Waals surface area contributed by atoms with E-state index >= 15 is 0 Å². The topological polar surface area (TPSA) is 78.5 Å². The molecule has 6 nitrogen and oxygen atoms in total. The zero-order chi connectivity index (χ0) is 23.8. The third-order valence-electron chi connectivity index (χ3n) is 5.02. The fraction of sp³-hybridized carbons (Fsp3) is 0.375. The molecule has 0 spiro atoms. The lowest BCUT2D eigenvalue weighted by Crippen LogP contribution is -2.24. The average molecular weight is 464 g/mol. The first-order valence-corrected chi connectivity index (χ1v) is 10.8. The summed E-state index contributed by atoms with van der Waals surface area (Å²) < 4.78 is 49.6. The van der Waals surface area contributed by atoms with Crippen LogP contribution in [0.1, 0.15) is 29.3 Å². The molecular formula is C24H28F3N3O3. The molecular weight excluding hydrogens is 435 g/mol. The van der Waals surface area contributed by atoms with Gasteiger partial charge in [0.2, 0.25) is 0 Å². The van der Waals surface area contributed by atoms with Crippen LogP contribution in [0, 0.1) is 0 Å². The molecule has 1 amide bonds. The Balaban J connectivity index is 1.51. The highest BCUT2D eigenvalue weighted by molar-refractivity contribution is 6.05. The number of amides is 1. The predicted octanol–water partition coefficient (Wildman–Crippen LogP) is 4.30. The Morgan fingerprint density at radius 1 is 1.09 bits per heavy atom. The maximum absolute atomic E-state index is 12.4. The van der Waals surface area contributed by atoms with Crippen molar-refractivity contribution in [3.63, 3.8) is 0 Å². The standard InChI is InChI=1S/C24H28F3N3O3/c1-2-11-30-12-8-18-14-17(15-19(22(18)30)23(28)31)7-9-29-10-13-32-20-5-3-4-6-21(20)33-16-24(25,26)27/h3-6,8,12,14-15,29H,2,7,9-11,13,16H2,1H3,(H2,28,31). The number of hydrogen-bond acceptors (Lipinski definition) is 4. The molecule has 0 atom stereocenters. The number of carbonyl (C=O) groups excluding carboxylic acids is 1. The summed E-state index contributed by atoms with van der Waals surface area (Å²) >= 11 is 0. The quantitative estimate of drug-likeness (QED) is 0.393. The molecule has 33 heavy (non-hydrogen) atoms. The molecule has 0 aliphatic heterocycles. The molecule has 178 valence electrons. The van der Waals surface area contributed by atoms with Crippen molar-refractivity contribution in [1.29, 1.82) is 0 Å². The van der Waals surface area contributed by atoms with Crippen molar-refractivity contribution < 1.29 is 27.4 Å². The van der Waals surface area contributed by atoms with Crippen molar-refractivity contribution in [2.45, 2.75) is 32.5 Å². The summed E-state index contributed by atoms with van der Waals surface area (Å²) in [7, 11) is 0. The number of aryl methyl sites for hydroxylation is 1. The number of carbonyl (C=O) groups is 1. The Labute approximate surface area is 190 Å². The summed E-state index contributed by atoms with van der Waals surface area (Å²) in [4.78, 5) is 12.0. The number of alkyl halides is 3. The minimum absolute atomic E-state index is 0.0529. The Hall–Kier alpha value is -3.20. The van der Waals surface area contributed by atoms with Crippen molar-refractivity contribution in [3.8, 4) is 11.5 Å². The van der Waals surface area contributed by atoms with Gasteiger partial charge in [-0.2, -0.15) is 13.2 Å². The smallest absolute Gasteiger partial charge is 0.422 e. The fourth-order valence-corrected chi connectivity index (χ4v) is 3.61. The number of fused-ring (bicyclic) bond motifs is 1. The van der Waals surface area contributed by atoms with E-state index in [1.165, 1.54) is 6.07 Å². The molecule has 0 bridgehead atoms. The van der Waals surface area contributed by atoms with Gasteiger partial charge in [-0.05, 0) is 55.3 Å². The molecule has 3 aromatic rings. The number of aromatic nitrogens is 1. The molecule has 0 saturated heterocycles. The van der Waals surface area contributed by atoms with Gasteiger partial charge in [0.25, 0.3) is 5.91 Å². The number of primary amides is 1. The Morgan fingerprint density at radius 3 is 2.48 bits per heavy atom. The Bertz CT molecular complexity index is 1080. The first-order chi connectivity index (χ1) is 15.8. The van der Waals surface area contributed by atoms with Crippen LogP contribution in [0.2, 0.25) is 0 Å². The molecule has 0 saturated carbocycles. The molecule has 0 aliphatic rings. The number of ether oxygens (including phenoxy) is 2. The van der Waals surface area contributed by atoms with Crippen molar-refractivity contribution in [3.05, 3.63) is 59.8 Å².